The number of methoxy groups -OCH3 is 1. The summed E-state index contributed by atoms with van der Waals surface area (Å²) >= 11 is 0. The standard InChI is InChI=1S/C20H26N5O7P/c1-12(32-33(28,29)11-30-2)17-15(26)16(27)20(31-17)25-10-24-14-18(22-9-23-19(14)25)21-8-13-6-4-3-5-7-13/h3-7,9-10,12,15-17,20,26-27H,8,11H2,1-2H3,(H,28,29)(H,21,22,23)/t12?,15-,16+,17-,20+/m0/s1. The second kappa shape index (κ2) is 9.82. The van der Waals surface area contributed by atoms with Gasteiger partial charge in [0.2, 0.25) is 0 Å². The fourth-order valence-corrected chi connectivity index (χ4v) is 4.79. The molecular weight excluding hydrogens is 453 g/mol. The third-order valence-electron chi connectivity index (χ3n) is 5.30. The highest BCUT2D eigenvalue weighted by Gasteiger charge is 2.48. The Morgan fingerprint density at radius 1 is 1.21 bits per heavy atom. The third kappa shape index (κ3) is 5.07. The lowest BCUT2D eigenvalue weighted by Crippen LogP contribution is -2.38. The van der Waals surface area contributed by atoms with E-state index in [2.05, 4.69) is 25.0 Å². The first-order valence-corrected chi connectivity index (χ1v) is 12.0. The minimum atomic E-state index is -4.05. The molecule has 3 aromatic rings. The van der Waals surface area contributed by atoms with Gasteiger partial charge in [-0.15, -0.1) is 0 Å². The van der Waals surface area contributed by atoms with Gasteiger partial charge in [-0.05, 0) is 12.5 Å². The Kier molecular flexibility index (Phi) is 7.05. The van der Waals surface area contributed by atoms with E-state index in [0.29, 0.717) is 23.5 Å². The van der Waals surface area contributed by atoms with E-state index in [1.165, 1.54) is 31.3 Å². The maximum absolute atomic E-state index is 12.0. The Hall–Kier alpha value is -2.44. The Labute approximate surface area is 189 Å². The minimum absolute atomic E-state index is 0.387. The van der Waals surface area contributed by atoms with Crippen LogP contribution < -0.4 is 5.32 Å². The Morgan fingerprint density at radius 3 is 2.70 bits per heavy atom. The smallest absolute Gasteiger partial charge is 0.353 e. The van der Waals surface area contributed by atoms with E-state index in [1.54, 1.807) is 0 Å². The molecule has 1 saturated heterocycles. The van der Waals surface area contributed by atoms with Crippen LogP contribution in [0.1, 0.15) is 18.7 Å². The molecule has 1 fully saturated rings. The highest BCUT2D eigenvalue weighted by atomic mass is 31.2. The molecule has 4 rings (SSSR count). The molecule has 13 heteroatoms. The maximum atomic E-state index is 12.0. The normalized spacial score (nSPS) is 25.7. The van der Waals surface area contributed by atoms with Crippen LogP contribution in [0.15, 0.2) is 43.0 Å². The van der Waals surface area contributed by atoms with Crippen molar-refractivity contribution in [2.24, 2.45) is 0 Å². The molecule has 1 aliphatic rings. The number of ether oxygens (including phenoxy) is 2. The van der Waals surface area contributed by atoms with E-state index in [-0.39, 0.29) is 0 Å². The molecule has 0 amide bonds. The predicted molar refractivity (Wildman–Crippen MR) is 117 cm³/mol. The summed E-state index contributed by atoms with van der Waals surface area (Å²) in [6, 6.07) is 9.78. The van der Waals surface area contributed by atoms with Crippen LogP contribution in [0, 0.1) is 0 Å². The molecule has 0 radical (unpaired) electrons. The lowest BCUT2D eigenvalue weighted by Gasteiger charge is -2.24. The number of imidazole rings is 1. The van der Waals surface area contributed by atoms with Crippen LogP contribution in [0.2, 0.25) is 0 Å². The van der Waals surface area contributed by atoms with Gasteiger partial charge in [0, 0.05) is 13.7 Å². The second-order valence-corrected chi connectivity index (χ2v) is 9.47. The zero-order valence-corrected chi connectivity index (χ0v) is 18.9. The topological polar surface area (TPSA) is 161 Å². The van der Waals surface area contributed by atoms with Gasteiger partial charge >= 0.3 is 7.60 Å². The molecule has 4 N–H and O–H groups in total. The summed E-state index contributed by atoms with van der Waals surface area (Å²) in [7, 11) is -2.78. The fourth-order valence-electron chi connectivity index (χ4n) is 3.77. The number of aliphatic hydroxyl groups excluding tert-OH is 2. The van der Waals surface area contributed by atoms with Crippen molar-refractivity contribution in [2.75, 3.05) is 18.8 Å². The van der Waals surface area contributed by atoms with E-state index >= 15 is 0 Å². The minimum Gasteiger partial charge on any atom is -0.387 e. The van der Waals surface area contributed by atoms with Crippen LogP contribution >= 0.6 is 7.60 Å². The van der Waals surface area contributed by atoms with Crippen LogP contribution in [-0.2, 0) is 25.1 Å². The highest BCUT2D eigenvalue weighted by molar-refractivity contribution is 7.52. The number of aliphatic hydroxyl groups is 2. The predicted octanol–water partition coefficient (Wildman–Crippen LogP) is 1.25. The molecule has 0 aliphatic carbocycles. The molecule has 12 nitrogen and oxygen atoms in total. The van der Waals surface area contributed by atoms with Crippen molar-refractivity contribution in [3.8, 4) is 0 Å². The number of anilines is 1. The van der Waals surface area contributed by atoms with Gasteiger partial charge in [0.15, 0.2) is 23.2 Å². The summed E-state index contributed by atoms with van der Waals surface area (Å²) in [5, 5.41) is 24.4. The van der Waals surface area contributed by atoms with Crippen molar-refractivity contribution < 1.29 is 33.7 Å². The molecule has 2 aromatic heterocycles. The molecular formula is C20H26N5O7P. The van der Waals surface area contributed by atoms with Crippen molar-refractivity contribution in [2.45, 2.75) is 44.1 Å². The van der Waals surface area contributed by atoms with Gasteiger partial charge in [-0.2, -0.15) is 0 Å². The highest BCUT2D eigenvalue weighted by Crippen LogP contribution is 2.45. The van der Waals surface area contributed by atoms with E-state index in [1.807, 2.05) is 30.3 Å². The Balaban J connectivity index is 1.53. The third-order valence-corrected chi connectivity index (χ3v) is 6.54. The van der Waals surface area contributed by atoms with Crippen LogP contribution in [0.5, 0.6) is 0 Å². The molecule has 0 bridgehead atoms. The van der Waals surface area contributed by atoms with Crippen LogP contribution in [-0.4, -0.2) is 72.5 Å². The summed E-state index contributed by atoms with van der Waals surface area (Å²) in [5.41, 5.74) is 1.91. The lowest BCUT2D eigenvalue weighted by atomic mass is 10.1. The largest absolute Gasteiger partial charge is 0.387 e. The number of hydrogen-bond acceptors (Lipinski definition) is 10. The first-order valence-electron chi connectivity index (χ1n) is 10.3. The first-order chi connectivity index (χ1) is 15.8. The van der Waals surface area contributed by atoms with E-state index in [4.69, 9.17) is 9.26 Å². The molecule has 0 saturated carbocycles. The number of rotatable bonds is 9. The molecule has 0 spiro atoms. The number of nitrogens with one attached hydrogen (secondary N) is 1. The maximum Gasteiger partial charge on any atom is 0.353 e. The van der Waals surface area contributed by atoms with Crippen LogP contribution in [0.3, 0.4) is 0 Å². The van der Waals surface area contributed by atoms with Crippen molar-refractivity contribution in [1.82, 2.24) is 19.5 Å². The van der Waals surface area contributed by atoms with E-state index in [9.17, 15) is 19.7 Å². The van der Waals surface area contributed by atoms with E-state index in [0.717, 1.165) is 5.56 Å². The fraction of sp³-hybridized carbons (Fsp3) is 0.450. The molecule has 2 unspecified atom stereocenters. The average molecular weight is 479 g/mol. The van der Waals surface area contributed by atoms with Gasteiger partial charge < -0.3 is 34.4 Å². The molecule has 1 aromatic carbocycles. The molecule has 178 valence electrons. The number of aromatic nitrogens is 4. The van der Waals surface area contributed by atoms with Gasteiger partial charge in [-0.25, -0.2) is 15.0 Å². The second-order valence-electron chi connectivity index (χ2n) is 7.72. The van der Waals surface area contributed by atoms with Crippen molar-refractivity contribution in [1.29, 1.82) is 0 Å². The quantitative estimate of drug-likeness (QED) is 0.327. The molecule has 1 aliphatic heterocycles. The first kappa shape index (κ1) is 23.7. The van der Waals surface area contributed by atoms with E-state index < -0.39 is 44.6 Å². The number of benzene rings is 1. The van der Waals surface area contributed by atoms with Gasteiger partial charge in [0.25, 0.3) is 0 Å². The summed E-state index contributed by atoms with van der Waals surface area (Å²) in [4.78, 5) is 22.7. The summed E-state index contributed by atoms with van der Waals surface area (Å²) < 4.78 is 29.2. The van der Waals surface area contributed by atoms with Gasteiger partial charge in [-0.1, -0.05) is 30.3 Å². The molecule has 33 heavy (non-hydrogen) atoms. The monoisotopic (exact) mass is 479 g/mol. The van der Waals surface area contributed by atoms with Crippen molar-refractivity contribution in [3.63, 3.8) is 0 Å². The lowest BCUT2D eigenvalue weighted by molar-refractivity contribution is -0.0733. The SMILES string of the molecule is COCP(=O)(O)OC(C)[C@@H]1O[C@@H](n2cnc3c(NCc4ccccc4)ncnc32)[C@H](O)[C@@H]1O. The average Bonchev–Trinajstić information content (AvgIpc) is 3.34. The van der Waals surface area contributed by atoms with Crippen LogP contribution in [0.25, 0.3) is 11.2 Å². The van der Waals surface area contributed by atoms with Crippen molar-refractivity contribution in [3.05, 3.63) is 48.5 Å². The van der Waals surface area contributed by atoms with Crippen molar-refractivity contribution >= 4 is 24.6 Å². The molecule has 3 heterocycles. The summed E-state index contributed by atoms with van der Waals surface area (Å²) in [6.45, 7) is 2.00. The van der Waals surface area contributed by atoms with Crippen LogP contribution in [0.4, 0.5) is 5.82 Å². The Morgan fingerprint density at radius 2 is 1.97 bits per heavy atom. The summed E-state index contributed by atoms with van der Waals surface area (Å²) in [6.07, 6.45) is -3.55. The zero-order valence-electron chi connectivity index (χ0n) is 18.1. The van der Waals surface area contributed by atoms with Gasteiger partial charge in [0.05, 0.1) is 12.4 Å². The number of hydrogen-bond donors (Lipinski definition) is 4. The number of fused-ring (bicyclic) bond motifs is 1. The molecule has 6 atom stereocenters. The van der Waals surface area contributed by atoms with Gasteiger partial charge in [0.1, 0.15) is 31.0 Å². The summed E-state index contributed by atoms with van der Waals surface area (Å²) in [5.74, 6) is 0.504. The van der Waals surface area contributed by atoms with Gasteiger partial charge in [-0.3, -0.25) is 9.13 Å². The number of nitrogens with zero attached hydrogens (tertiary/aromatic N) is 4. The Bertz CT molecular complexity index is 1130. The zero-order chi connectivity index (χ0) is 23.6.